The fraction of sp³-hybridized carbons (Fsp3) is 0.318. The van der Waals surface area contributed by atoms with Crippen LogP contribution in [0.15, 0.2) is 54.7 Å². The monoisotopic (exact) mass is 390 g/mol. The zero-order chi connectivity index (χ0) is 20.1. The predicted molar refractivity (Wildman–Crippen MR) is 116 cm³/mol. The molecule has 2 aromatic heterocycles. The largest absolute Gasteiger partial charge is 0.496 e. The number of rotatable bonds is 6. The number of benzene rings is 1. The molecular formula is C22H26N6O. The minimum Gasteiger partial charge on any atom is -0.496 e. The van der Waals surface area contributed by atoms with Crippen molar-refractivity contribution in [1.82, 2.24) is 15.0 Å². The molecule has 1 N–H and O–H groups in total. The van der Waals surface area contributed by atoms with Crippen LogP contribution in [0.2, 0.25) is 0 Å². The van der Waals surface area contributed by atoms with Crippen LogP contribution in [-0.4, -0.2) is 48.2 Å². The van der Waals surface area contributed by atoms with Crippen molar-refractivity contribution in [3.8, 4) is 5.75 Å². The van der Waals surface area contributed by atoms with Gasteiger partial charge in [0.15, 0.2) is 0 Å². The third kappa shape index (κ3) is 4.56. The Morgan fingerprint density at radius 3 is 2.38 bits per heavy atom. The molecule has 3 aromatic rings. The molecule has 1 fully saturated rings. The Morgan fingerprint density at radius 2 is 1.66 bits per heavy atom. The lowest BCUT2D eigenvalue weighted by molar-refractivity contribution is 0.410. The third-order valence-electron chi connectivity index (χ3n) is 5.05. The summed E-state index contributed by atoms with van der Waals surface area (Å²) < 4.78 is 5.43. The van der Waals surface area contributed by atoms with Gasteiger partial charge in [0, 0.05) is 50.6 Å². The minimum absolute atomic E-state index is 0.646. The zero-order valence-electron chi connectivity index (χ0n) is 16.9. The summed E-state index contributed by atoms with van der Waals surface area (Å²) in [6.07, 6.45) is 1.84. The molecule has 1 aliphatic heterocycles. The number of para-hydroxylation sites is 1. The van der Waals surface area contributed by atoms with Crippen LogP contribution in [0.5, 0.6) is 5.75 Å². The van der Waals surface area contributed by atoms with Gasteiger partial charge in [0.25, 0.3) is 0 Å². The minimum atomic E-state index is 0.646. The van der Waals surface area contributed by atoms with E-state index in [1.807, 2.05) is 49.5 Å². The number of ether oxygens (including phenoxy) is 1. The van der Waals surface area contributed by atoms with E-state index in [0.717, 1.165) is 60.8 Å². The Balaban J connectivity index is 1.42. The highest BCUT2D eigenvalue weighted by molar-refractivity contribution is 5.52. The molecule has 1 saturated heterocycles. The van der Waals surface area contributed by atoms with E-state index in [1.54, 1.807) is 7.11 Å². The van der Waals surface area contributed by atoms with Gasteiger partial charge in [0.2, 0.25) is 0 Å². The number of hydrogen-bond acceptors (Lipinski definition) is 7. The molecule has 3 heterocycles. The molecule has 0 radical (unpaired) electrons. The van der Waals surface area contributed by atoms with Crippen LogP contribution in [0.4, 0.5) is 17.5 Å². The van der Waals surface area contributed by atoms with Gasteiger partial charge in [-0.3, -0.25) is 0 Å². The molecular weight excluding hydrogens is 364 g/mol. The quantitative estimate of drug-likeness (QED) is 0.694. The van der Waals surface area contributed by atoms with Crippen molar-refractivity contribution in [3.05, 3.63) is 66.1 Å². The lowest BCUT2D eigenvalue weighted by atomic mass is 10.2. The van der Waals surface area contributed by atoms with Gasteiger partial charge in [0.1, 0.15) is 29.0 Å². The maximum atomic E-state index is 5.43. The summed E-state index contributed by atoms with van der Waals surface area (Å²) in [5.41, 5.74) is 1.09. The second kappa shape index (κ2) is 8.77. The van der Waals surface area contributed by atoms with Crippen LogP contribution in [0.1, 0.15) is 11.4 Å². The van der Waals surface area contributed by atoms with E-state index in [1.165, 1.54) is 0 Å². The van der Waals surface area contributed by atoms with E-state index < -0.39 is 0 Å². The first-order valence-corrected chi connectivity index (χ1v) is 9.85. The number of nitrogens with zero attached hydrogens (tertiary/aromatic N) is 5. The van der Waals surface area contributed by atoms with E-state index in [2.05, 4.69) is 42.2 Å². The van der Waals surface area contributed by atoms with Crippen LogP contribution in [-0.2, 0) is 6.54 Å². The molecule has 0 amide bonds. The van der Waals surface area contributed by atoms with Crippen molar-refractivity contribution in [1.29, 1.82) is 0 Å². The highest BCUT2D eigenvalue weighted by atomic mass is 16.5. The first-order chi connectivity index (χ1) is 14.2. The maximum absolute atomic E-state index is 5.43. The van der Waals surface area contributed by atoms with Gasteiger partial charge in [-0.15, -0.1) is 0 Å². The van der Waals surface area contributed by atoms with E-state index in [-0.39, 0.29) is 0 Å². The van der Waals surface area contributed by atoms with Gasteiger partial charge in [-0.2, -0.15) is 0 Å². The highest BCUT2D eigenvalue weighted by Crippen LogP contribution is 2.22. The standard InChI is InChI=1S/C22H26N6O/c1-17-25-20(24-16-18-7-3-4-8-19(18)29-2)15-22(26-17)28-13-11-27(12-14-28)21-9-5-6-10-23-21/h3-10,15H,11-14,16H2,1-2H3,(H,24,25,26). The number of aromatic nitrogens is 3. The first kappa shape index (κ1) is 19.0. The molecule has 150 valence electrons. The van der Waals surface area contributed by atoms with E-state index in [9.17, 15) is 0 Å². The van der Waals surface area contributed by atoms with Crippen LogP contribution >= 0.6 is 0 Å². The molecule has 29 heavy (non-hydrogen) atoms. The average Bonchev–Trinajstić information content (AvgIpc) is 2.78. The van der Waals surface area contributed by atoms with Crippen molar-refractivity contribution >= 4 is 17.5 Å². The molecule has 0 unspecified atom stereocenters. The molecule has 7 heteroatoms. The van der Waals surface area contributed by atoms with Crippen LogP contribution in [0.25, 0.3) is 0 Å². The number of nitrogens with one attached hydrogen (secondary N) is 1. The number of pyridine rings is 1. The fourth-order valence-corrected chi connectivity index (χ4v) is 3.54. The topological polar surface area (TPSA) is 66.4 Å². The van der Waals surface area contributed by atoms with Gasteiger partial charge >= 0.3 is 0 Å². The second-order valence-corrected chi connectivity index (χ2v) is 6.99. The van der Waals surface area contributed by atoms with Crippen molar-refractivity contribution in [3.63, 3.8) is 0 Å². The number of methoxy groups -OCH3 is 1. The van der Waals surface area contributed by atoms with Crippen LogP contribution < -0.4 is 19.9 Å². The van der Waals surface area contributed by atoms with Gasteiger partial charge < -0.3 is 19.9 Å². The molecule has 0 atom stereocenters. The summed E-state index contributed by atoms with van der Waals surface area (Å²) in [4.78, 5) is 18.3. The van der Waals surface area contributed by atoms with E-state index >= 15 is 0 Å². The summed E-state index contributed by atoms with van der Waals surface area (Å²) in [6.45, 7) is 6.22. The number of aryl methyl sites for hydroxylation is 1. The summed E-state index contributed by atoms with van der Waals surface area (Å²) >= 11 is 0. The van der Waals surface area contributed by atoms with Crippen LogP contribution in [0, 0.1) is 6.92 Å². The smallest absolute Gasteiger partial charge is 0.134 e. The summed E-state index contributed by atoms with van der Waals surface area (Å²) in [5.74, 6) is 4.45. The SMILES string of the molecule is COc1ccccc1CNc1cc(N2CCN(c3ccccn3)CC2)nc(C)n1. The maximum Gasteiger partial charge on any atom is 0.134 e. The Morgan fingerprint density at radius 1 is 0.931 bits per heavy atom. The Labute approximate surface area is 171 Å². The number of hydrogen-bond donors (Lipinski definition) is 1. The second-order valence-electron chi connectivity index (χ2n) is 6.99. The molecule has 0 spiro atoms. The Hall–Kier alpha value is -3.35. The number of anilines is 3. The van der Waals surface area contributed by atoms with Gasteiger partial charge in [0.05, 0.1) is 7.11 Å². The zero-order valence-corrected chi connectivity index (χ0v) is 16.9. The molecule has 0 bridgehead atoms. The fourth-order valence-electron chi connectivity index (χ4n) is 3.54. The Bertz CT molecular complexity index is 941. The molecule has 0 saturated carbocycles. The Kier molecular flexibility index (Phi) is 5.74. The van der Waals surface area contributed by atoms with Gasteiger partial charge in [-0.05, 0) is 25.1 Å². The molecule has 0 aliphatic carbocycles. The van der Waals surface area contributed by atoms with Gasteiger partial charge in [-0.1, -0.05) is 24.3 Å². The predicted octanol–water partition coefficient (Wildman–Crippen LogP) is 3.13. The van der Waals surface area contributed by atoms with E-state index in [0.29, 0.717) is 6.54 Å². The van der Waals surface area contributed by atoms with Crippen LogP contribution in [0.3, 0.4) is 0 Å². The highest BCUT2D eigenvalue weighted by Gasteiger charge is 2.19. The lowest BCUT2D eigenvalue weighted by Crippen LogP contribution is -2.47. The summed E-state index contributed by atoms with van der Waals surface area (Å²) in [5, 5.41) is 3.41. The molecule has 1 aromatic carbocycles. The summed E-state index contributed by atoms with van der Waals surface area (Å²) in [7, 11) is 1.69. The molecule has 4 rings (SSSR count). The van der Waals surface area contributed by atoms with Crippen molar-refractivity contribution in [2.75, 3.05) is 48.4 Å². The third-order valence-corrected chi connectivity index (χ3v) is 5.05. The lowest BCUT2D eigenvalue weighted by Gasteiger charge is -2.36. The van der Waals surface area contributed by atoms with Crippen molar-refractivity contribution in [2.24, 2.45) is 0 Å². The first-order valence-electron chi connectivity index (χ1n) is 9.85. The average molecular weight is 390 g/mol. The van der Waals surface area contributed by atoms with Gasteiger partial charge in [-0.25, -0.2) is 15.0 Å². The number of piperazine rings is 1. The van der Waals surface area contributed by atoms with Crippen molar-refractivity contribution < 1.29 is 4.74 Å². The molecule has 1 aliphatic rings. The van der Waals surface area contributed by atoms with E-state index in [4.69, 9.17) is 4.74 Å². The summed E-state index contributed by atoms with van der Waals surface area (Å²) in [6, 6.07) is 16.1. The normalized spacial score (nSPS) is 14.0. The van der Waals surface area contributed by atoms with Crippen molar-refractivity contribution in [2.45, 2.75) is 13.5 Å². The molecule has 7 nitrogen and oxygen atoms in total.